The van der Waals surface area contributed by atoms with E-state index in [0.29, 0.717) is 0 Å². The molecule has 4 heterocycles. The molecule has 270 valence electrons. The van der Waals surface area contributed by atoms with Crippen LogP contribution in [-0.2, 0) is 0 Å². The molecule has 0 fully saturated rings. The fourth-order valence-electron chi connectivity index (χ4n) is 8.86. The number of amidine groups is 1. The molecule has 1 aliphatic heterocycles. The van der Waals surface area contributed by atoms with E-state index in [0.717, 1.165) is 17.0 Å². The lowest BCUT2D eigenvalue weighted by atomic mass is 9.98. The van der Waals surface area contributed by atoms with Crippen molar-refractivity contribution in [3.8, 4) is 16.8 Å². The predicted molar refractivity (Wildman–Crippen MR) is 243 cm³/mol. The first-order valence-electron chi connectivity index (χ1n) is 19.4. The third-order valence-electron chi connectivity index (χ3n) is 11.5. The normalized spacial score (nSPS) is 15.9. The maximum atomic E-state index is 5.34. The van der Waals surface area contributed by atoms with Gasteiger partial charge in [-0.05, 0) is 70.8 Å². The standard InChI is InChI=1S/C51H34N4S2/c1-3-13-31(14-4-1)49-52-50(32-15-5-2-6-16-32)54-51(53-49)39-21-12-24-46-47(39)41-29-33(25-27-45(41)56-46)35-19-11-20-38-40-30-34(26-28-44(40)57-48(35)38)55-42-22-9-7-17-36(42)37-18-8-10-23-43(37)55/h1-30,49-50,52H,(H,53,54). The van der Waals surface area contributed by atoms with E-state index in [1.165, 1.54) is 84.5 Å². The third-order valence-corrected chi connectivity index (χ3v) is 13.8. The number of fused-ring (bicyclic) bond motifs is 9. The molecule has 8 aromatic carbocycles. The molecule has 0 aliphatic carbocycles. The van der Waals surface area contributed by atoms with Gasteiger partial charge in [0.15, 0.2) is 0 Å². The zero-order chi connectivity index (χ0) is 37.5. The Balaban J connectivity index is 0.999. The van der Waals surface area contributed by atoms with Crippen LogP contribution >= 0.6 is 22.7 Å². The number of hydrogen-bond acceptors (Lipinski definition) is 5. The molecule has 2 unspecified atom stereocenters. The zero-order valence-electron chi connectivity index (χ0n) is 30.7. The summed E-state index contributed by atoms with van der Waals surface area (Å²) in [7, 11) is 0. The Bertz CT molecular complexity index is 3320. The van der Waals surface area contributed by atoms with Gasteiger partial charge in [-0.1, -0.05) is 133 Å². The number of thiophene rings is 2. The first-order valence-corrected chi connectivity index (χ1v) is 21.0. The van der Waals surface area contributed by atoms with E-state index in [-0.39, 0.29) is 12.3 Å². The van der Waals surface area contributed by atoms with Crippen LogP contribution in [0.25, 0.3) is 79.0 Å². The maximum absolute atomic E-state index is 5.34. The van der Waals surface area contributed by atoms with Gasteiger partial charge in [0.2, 0.25) is 0 Å². The highest BCUT2D eigenvalue weighted by Gasteiger charge is 2.27. The fourth-order valence-corrected chi connectivity index (χ4v) is 11.2. The van der Waals surface area contributed by atoms with Crippen LogP contribution in [0.5, 0.6) is 0 Å². The molecule has 4 nitrogen and oxygen atoms in total. The molecule has 2 atom stereocenters. The van der Waals surface area contributed by atoms with Crippen molar-refractivity contribution in [3.05, 3.63) is 199 Å². The molecule has 2 N–H and O–H groups in total. The van der Waals surface area contributed by atoms with Gasteiger partial charge in [0.25, 0.3) is 0 Å². The van der Waals surface area contributed by atoms with Crippen LogP contribution in [0, 0.1) is 0 Å². The van der Waals surface area contributed by atoms with E-state index >= 15 is 0 Å². The van der Waals surface area contributed by atoms with Gasteiger partial charge >= 0.3 is 0 Å². The Morgan fingerprint density at radius 1 is 0.474 bits per heavy atom. The van der Waals surface area contributed by atoms with E-state index in [1.54, 1.807) is 0 Å². The summed E-state index contributed by atoms with van der Waals surface area (Å²) < 4.78 is 7.55. The molecule has 0 bridgehead atoms. The summed E-state index contributed by atoms with van der Waals surface area (Å²) in [4.78, 5) is 5.34. The largest absolute Gasteiger partial charge is 0.350 e. The molecule has 6 heteroatoms. The van der Waals surface area contributed by atoms with E-state index in [1.807, 2.05) is 22.7 Å². The van der Waals surface area contributed by atoms with Crippen molar-refractivity contribution in [1.29, 1.82) is 0 Å². The van der Waals surface area contributed by atoms with Crippen molar-refractivity contribution in [2.75, 3.05) is 0 Å². The van der Waals surface area contributed by atoms with Crippen LogP contribution in [0.15, 0.2) is 187 Å². The number of rotatable bonds is 5. The van der Waals surface area contributed by atoms with Crippen molar-refractivity contribution >= 4 is 90.7 Å². The summed E-state index contributed by atoms with van der Waals surface area (Å²) in [6, 6.07) is 66.0. The molecule has 0 amide bonds. The lowest BCUT2D eigenvalue weighted by molar-refractivity contribution is 0.409. The molecular formula is C51H34N4S2. The van der Waals surface area contributed by atoms with Crippen molar-refractivity contribution in [1.82, 2.24) is 15.2 Å². The van der Waals surface area contributed by atoms with Crippen molar-refractivity contribution < 1.29 is 0 Å². The quantitative estimate of drug-likeness (QED) is 0.183. The van der Waals surface area contributed by atoms with Gasteiger partial charge < -0.3 is 9.88 Å². The van der Waals surface area contributed by atoms with Crippen LogP contribution in [0.4, 0.5) is 0 Å². The molecule has 0 saturated carbocycles. The molecule has 11 aromatic rings. The Morgan fingerprint density at radius 3 is 1.91 bits per heavy atom. The Labute approximate surface area is 337 Å². The molecule has 1 aliphatic rings. The number of hydrogen-bond donors (Lipinski definition) is 2. The van der Waals surface area contributed by atoms with Crippen LogP contribution in [0.1, 0.15) is 29.0 Å². The van der Waals surface area contributed by atoms with Gasteiger partial charge in [-0.15, -0.1) is 22.7 Å². The van der Waals surface area contributed by atoms with E-state index in [9.17, 15) is 0 Å². The first-order chi connectivity index (χ1) is 28.2. The fraction of sp³-hybridized carbons (Fsp3) is 0.0392. The molecule has 3 aromatic heterocycles. The van der Waals surface area contributed by atoms with E-state index in [4.69, 9.17) is 4.99 Å². The van der Waals surface area contributed by atoms with Crippen LogP contribution in [0.3, 0.4) is 0 Å². The molecule has 57 heavy (non-hydrogen) atoms. The Kier molecular flexibility index (Phi) is 7.45. The lowest BCUT2D eigenvalue weighted by Gasteiger charge is -2.32. The van der Waals surface area contributed by atoms with Gasteiger partial charge in [0.05, 0.1) is 11.0 Å². The lowest BCUT2D eigenvalue weighted by Crippen LogP contribution is -2.45. The van der Waals surface area contributed by atoms with Gasteiger partial charge in [0.1, 0.15) is 18.2 Å². The molecular weight excluding hydrogens is 733 g/mol. The number of nitrogens with one attached hydrogen (secondary N) is 2. The SMILES string of the molecule is c1ccc(C2N=C(c3cccc4sc5ccc(-c6cccc7c6sc6ccc(-n8c9ccccc9c9ccccc98)cc67)cc5c34)NC(c3ccccc3)N2)cc1. The minimum Gasteiger partial charge on any atom is -0.350 e. The van der Waals surface area contributed by atoms with Gasteiger partial charge in [0, 0.05) is 62.4 Å². The molecule has 12 rings (SSSR count). The third kappa shape index (κ3) is 5.26. The number of benzene rings is 8. The van der Waals surface area contributed by atoms with E-state index in [2.05, 4.69) is 197 Å². The number of aromatic nitrogens is 1. The zero-order valence-corrected chi connectivity index (χ0v) is 32.3. The molecule has 0 radical (unpaired) electrons. The summed E-state index contributed by atoms with van der Waals surface area (Å²) >= 11 is 3.74. The summed E-state index contributed by atoms with van der Waals surface area (Å²) in [5, 5.41) is 15.2. The van der Waals surface area contributed by atoms with Crippen LogP contribution < -0.4 is 10.6 Å². The van der Waals surface area contributed by atoms with Crippen molar-refractivity contribution in [2.45, 2.75) is 12.3 Å². The summed E-state index contributed by atoms with van der Waals surface area (Å²) in [6.07, 6.45) is -0.287. The number of aliphatic imine (C=N–C) groups is 1. The first kappa shape index (κ1) is 32.7. The smallest absolute Gasteiger partial charge is 0.132 e. The minimum atomic E-state index is -0.190. The monoisotopic (exact) mass is 766 g/mol. The van der Waals surface area contributed by atoms with Crippen LogP contribution in [0.2, 0.25) is 0 Å². The van der Waals surface area contributed by atoms with Crippen molar-refractivity contribution in [3.63, 3.8) is 0 Å². The highest BCUT2D eigenvalue weighted by Crippen LogP contribution is 2.44. The number of para-hydroxylation sites is 2. The highest BCUT2D eigenvalue weighted by molar-refractivity contribution is 7.26. The van der Waals surface area contributed by atoms with Crippen molar-refractivity contribution in [2.24, 2.45) is 4.99 Å². The average Bonchev–Trinajstić information content (AvgIpc) is 3.96. The second kappa shape index (κ2) is 13.0. The summed E-state index contributed by atoms with van der Waals surface area (Å²) in [5.41, 5.74) is 9.56. The molecule has 0 saturated heterocycles. The minimum absolute atomic E-state index is 0.0966. The second-order valence-electron chi connectivity index (χ2n) is 14.8. The Morgan fingerprint density at radius 2 is 1.12 bits per heavy atom. The van der Waals surface area contributed by atoms with Gasteiger partial charge in [-0.25, -0.2) is 4.99 Å². The number of nitrogens with zero attached hydrogens (tertiary/aromatic N) is 2. The highest BCUT2D eigenvalue weighted by atomic mass is 32.1. The second-order valence-corrected chi connectivity index (χ2v) is 16.9. The van der Waals surface area contributed by atoms with E-state index < -0.39 is 0 Å². The van der Waals surface area contributed by atoms with Gasteiger partial charge in [-0.2, -0.15) is 0 Å². The summed E-state index contributed by atoms with van der Waals surface area (Å²) in [6.45, 7) is 0. The predicted octanol–water partition coefficient (Wildman–Crippen LogP) is 13.5. The van der Waals surface area contributed by atoms with Gasteiger partial charge in [-0.3, -0.25) is 5.32 Å². The van der Waals surface area contributed by atoms with Crippen LogP contribution in [-0.4, -0.2) is 10.4 Å². The summed E-state index contributed by atoms with van der Waals surface area (Å²) in [5.74, 6) is 0.901. The topological polar surface area (TPSA) is 41.4 Å². The maximum Gasteiger partial charge on any atom is 0.132 e. The molecule has 0 spiro atoms. The Hall–Kier alpha value is -6.57. The average molecular weight is 767 g/mol.